The van der Waals surface area contributed by atoms with Crippen molar-refractivity contribution in [1.29, 1.82) is 0 Å². The third kappa shape index (κ3) is 4.25. The maximum Gasteiger partial charge on any atom is 0.422 e. The molecule has 2 amide bonds. The number of hydrogen-bond donors (Lipinski definition) is 3. The number of aliphatic carboxylic acids is 1. The van der Waals surface area contributed by atoms with Crippen molar-refractivity contribution >= 4 is 12.0 Å². The van der Waals surface area contributed by atoms with Gasteiger partial charge in [-0.2, -0.15) is 13.2 Å². The fourth-order valence-electron chi connectivity index (χ4n) is 2.38. The van der Waals surface area contributed by atoms with E-state index < -0.39 is 23.7 Å². The summed E-state index contributed by atoms with van der Waals surface area (Å²) in [6, 6.07) is -1.34. The van der Waals surface area contributed by atoms with Crippen LogP contribution in [0.4, 0.5) is 18.0 Å². The molecular weight excluding hydrogens is 289 g/mol. The van der Waals surface area contributed by atoms with Gasteiger partial charge in [0, 0.05) is 6.04 Å². The Morgan fingerprint density at radius 1 is 1.14 bits per heavy atom. The molecule has 0 radical (unpaired) electrons. The van der Waals surface area contributed by atoms with E-state index in [-0.39, 0.29) is 12.0 Å². The Kier molecular flexibility index (Phi) is 5.47. The van der Waals surface area contributed by atoms with Gasteiger partial charge in [-0.15, -0.1) is 0 Å². The van der Waals surface area contributed by atoms with E-state index in [0.29, 0.717) is 13.3 Å². The SMILES string of the molecule is CC1CCCCCC1NC(=O)NC(C)(C(=O)O)C(F)(F)F. The van der Waals surface area contributed by atoms with Gasteiger partial charge in [0.2, 0.25) is 5.54 Å². The maximum atomic E-state index is 12.8. The zero-order valence-corrected chi connectivity index (χ0v) is 12.1. The predicted molar refractivity (Wildman–Crippen MR) is 69.8 cm³/mol. The number of carboxylic acids is 1. The van der Waals surface area contributed by atoms with Crippen molar-refractivity contribution in [3.63, 3.8) is 0 Å². The summed E-state index contributed by atoms with van der Waals surface area (Å²) < 4.78 is 38.4. The van der Waals surface area contributed by atoms with Crippen LogP contribution in [-0.2, 0) is 4.79 Å². The van der Waals surface area contributed by atoms with E-state index in [9.17, 15) is 22.8 Å². The number of carboxylic acid groups (broad SMARTS) is 1. The average Bonchev–Trinajstić information content (AvgIpc) is 2.53. The zero-order chi connectivity index (χ0) is 16.3. The minimum atomic E-state index is -5.08. The number of urea groups is 1. The van der Waals surface area contributed by atoms with E-state index in [4.69, 9.17) is 5.11 Å². The molecule has 3 N–H and O–H groups in total. The molecule has 0 heterocycles. The molecular formula is C13H21F3N2O3. The fourth-order valence-corrected chi connectivity index (χ4v) is 2.38. The molecule has 0 saturated heterocycles. The first-order valence-electron chi connectivity index (χ1n) is 6.96. The molecule has 1 aliphatic carbocycles. The van der Waals surface area contributed by atoms with Crippen molar-refractivity contribution < 1.29 is 27.9 Å². The highest BCUT2D eigenvalue weighted by molar-refractivity contribution is 5.86. The number of rotatable bonds is 3. The van der Waals surface area contributed by atoms with Crippen LogP contribution in [0, 0.1) is 5.92 Å². The summed E-state index contributed by atoms with van der Waals surface area (Å²) in [6.45, 7) is 2.36. The number of amides is 2. The quantitative estimate of drug-likeness (QED) is 0.701. The first kappa shape index (κ1) is 17.6. The second kappa shape index (κ2) is 6.53. The molecule has 21 heavy (non-hydrogen) atoms. The molecule has 1 fully saturated rings. The van der Waals surface area contributed by atoms with Gasteiger partial charge in [-0.25, -0.2) is 9.59 Å². The lowest BCUT2D eigenvalue weighted by Gasteiger charge is -2.30. The number of hydrogen-bond acceptors (Lipinski definition) is 2. The topological polar surface area (TPSA) is 78.4 Å². The van der Waals surface area contributed by atoms with Gasteiger partial charge in [0.25, 0.3) is 0 Å². The molecule has 5 nitrogen and oxygen atoms in total. The lowest BCUT2D eigenvalue weighted by atomic mass is 9.97. The Bertz CT molecular complexity index is 401. The fraction of sp³-hybridized carbons (Fsp3) is 0.846. The van der Waals surface area contributed by atoms with E-state index >= 15 is 0 Å². The molecule has 8 heteroatoms. The van der Waals surface area contributed by atoms with Crippen LogP contribution in [0.2, 0.25) is 0 Å². The highest BCUT2D eigenvalue weighted by Gasteiger charge is 2.58. The lowest BCUT2D eigenvalue weighted by molar-refractivity contribution is -0.203. The van der Waals surface area contributed by atoms with Crippen LogP contribution in [-0.4, -0.2) is 34.9 Å². The second-order valence-corrected chi connectivity index (χ2v) is 5.75. The van der Waals surface area contributed by atoms with Gasteiger partial charge in [0.1, 0.15) is 0 Å². The number of carbonyl (C=O) groups excluding carboxylic acids is 1. The van der Waals surface area contributed by atoms with E-state index in [1.54, 1.807) is 5.32 Å². The molecule has 0 bridgehead atoms. The molecule has 0 aromatic heterocycles. The van der Waals surface area contributed by atoms with Crippen LogP contribution < -0.4 is 10.6 Å². The molecule has 0 aromatic carbocycles. The van der Waals surface area contributed by atoms with Crippen LogP contribution in [0.15, 0.2) is 0 Å². The highest BCUT2D eigenvalue weighted by atomic mass is 19.4. The van der Waals surface area contributed by atoms with Crippen LogP contribution in [0.5, 0.6) is 0 Å². The van der Waals surface area contributed by atoms with Crippen LogP contribution in [0.25, 0.3) is 0 Å². The van der Waals surface area contributed by atoms with E-state index in [1.807, 2.05) is 6.92 Å². The van der Waals surface area contributed by atoms with Crippen molar-refractivity contribution in [2.75, 3.05) is 0 Å². The third-order valence-electron chi connectivity index (χ3n) is 4.04. The van der Waals surface area contributed by atoms with Crippen molar-refractivity contribution in [3.8, 4) is 0 Å². The molecule has 1 aliphatic rings. The molecule has 1 saturated carbocycles. The number of alkyl halides is 3. The van der Waals surface area contributed by atoms with Crippen LogP contribution in [0.1, 0.15) is 46.0 Å². The van der Waals surface area contributed by atoms with Gasteiger partial charge in [-0.1, -0.05) is 26.2 Å². The molecule has 122 valence electrons. The molecule has 3 unspecified atom stereocenters. The summed E-state index contributed by atoms with van der Waals surface area (Å²) in [5.41, 5.74) is -3.30. The van der Waals surface area contributed by atoms with E-state index in [1.165, 1.54) is 0 Å². The lowest BCUT2D eigenvalue weighted by Crippen LogP contribution is -2.64. The summed E-state index contributed by atoms with van der Waals surface area (Å²) in [5, 5.41) is 12.8. The Labute approximate surface area is 121 Å². The Morgan fingerprint density at radius 2 is 1.71 bits per heavy atom. The summed E-state index contributed by atoms with van der Waals surface area (Å²) in [6.07, 6.45) is -0.559. The highest BCUT2D eigenvalue weighted by Crippen LogP contribution is 2.30. The van der Waals surface area contributed by atoms with Gasteiger partial charge in [0.15, 0.2) is 0 Å². The van der Waals surface area contributed by atoms with Crippen LogP contribution >= 0.6 is 0 Å². The summed E-state index contributed by atoms with van der Waals surface area (Å²) >= 11 is 0. The van der Waals surface area contributed by atoms with Crippen LogP contribution in [0.3, 0.4) is 0 Å². The number of nitrogens with one attached hydrogen (secondary N) is 2. The minimum Gasteiger partial charge on any atom is -0.479 e. The smallest absolute Gasteiger partial charge is 0.422 e. The van der Waals surface area contributed by atoms with Crippen molar-refractivity contribution in [2.45, 2.75) is 63.7 Å². The standard InChI is InChI=1S/C13H21F3N2O3/c1-8-6-4-3-5-7-9(8)17-11(21)18-12(2,10(19)20)13(14,15)16/h8-9H,3-7H2,1-2H3,(H,19,20)(H2,17,18,21). The Balaban J connectivity index is 2.72. The van der Waals surface area contributed by atoms with E-state index in [2.05, 4.69) is 5.32 Å². The minimum absolute atomic E-state index is 0.153. The third-order valence-corrected chi connectivity index (χ3v) is 4.04. The molecule has 0 aliphatic heterocycles. The van der Waals surface area contributed by atoms with E-state index in [0.717, 1.165) is 25.7 Å². The van der Waals surface area contributed by atoms with Gasteiger partial charge < -0.3 is 15.7 Å². The van der Waals surface area contributed by atoms with Crippen molar-refractivity contribution in [2.24, 2.45) is 5.92 Å². The van der Waals surface area contributed by atoms with Gasteiger partial charge in [0.05, 0.1) is 0 Å². The molecule has 1 rings (SSSR count). The monoisotopic (exact) mass is 310 g/mol. The van der Waals surface area contributed by atoms with Gasteiger partial charge in [-0.3, -0.25) is 0 Å². The first-order chi connectivity index (χ1) is 9.58. The first-order valence-corrected chi connectivity index (χ1v) is 6.96. The van der Waals surface area contributed by atoms with Crippen molar-refractivity contribution in [3.05, 3.63) is 0 Å². The number of carbonyl (C=O) groups is 2. The molecule has 0 aromatic rings. The summed E-state index contributed by atoms with van der Waals surface area (Å²) in [7, 11) is 0. The van der Waals surface area contributed by atoms with Gasteiger partial charge in [-0.05, 0) is 25.7 Å². The summed E-state index contributed by atoms with van der Waals surface area (Å²) in [4.78, 5) is 22.6. The Morgan fingerprint density at radius 3 is 2.24 bits per heavy atom. The maximum absolute atomic E-state index is 12.8. The normalized spacial score (nSPS) is 26.3. The Hall–Kier alpha value is -1.47. The largest absolute Gasteiger partial charge is 0.479 e. The number of halogens is 3. The zero-order valence-electron chi connectivity index (χ0n) is 12.1. The molecule has 0 spiro atoms. The second-order valence-electron chi connectivity index (χ2n) is 5.75. The predicted octanol–water partition coefficient (Wildman–Crippen LogP) is 2.66. The average molecular weight is 310 g/mol. The van der Waals surface area contributed by atoms with Gasteiger partial charge >= 0.3 is 18.2 Å². The van der Waals surface area contributed by atoms with Crippen molar-refractivity contribution in [1.82, 2.24) is 10.6 Å². The molecule has 3 atom stereocenters. The summed E-state index contributed by atoms with van der Waals surface area (Å²) in [5.74, 6) is -1.99.